The fourth-order valence-corrected chi connectivity index (χ4v) is 0.972. The number of hydrogen-bond acceptors (Lipinski definition) is 4. The second-order valence-corrected chi connectivity index (χ2v) is 3.13. The first kappa shape index (κ1) is 16.9. The van der Waals surface area contributed by atoms with Crippen molar-refractivity contribution in [2.24, 2.45) is 0 Å². The van der Waals surface area contributed by atoms with Gasteiger partial charge >= 0.3 is 5.97 Å². The summed E-state index contributed by atoms with van der Waals surface area (Å²) in [5.74, 6) is -1.43. The average Bonchev–Trinajstić information content (AvgIpc) is 2.15. The maximum Gasteiger partial charge on any atom is 0.320 e. The third kappa shape index (κ3) is 7.87. The van der Waals surface area contributed by atoms with Crippen LogP contribution in [0.15, 0.2) is 12.2 Å². The van der Waals surface area contributed by atoms with E-state index in [9.17, 15) is 14.4 Å². The number of ketones is 2. The number of carbonyl (C=O) groups is 3. The Kier molecular flexibility index (Phi) is 9.30. The van der Waals surface area contributed by atoms with Crippen LogP contribution in [0.5, 0.6) is 0 Å². The van der Waals surface area contributed by atoms with Gasteiger partial charge in [0.25, 0.3) is 0 Å². The van der Waals surface area contributed by atoms with Crippen molar-refractivity contribution in [2.75, 3.05) is 7.05 Å². The summed E-state index contributed by atoms with van der Waals surface area (Å²) in [4.78, 5) is 32.2. The van der Waals surface area contributed by atoms with Crippen molar-refractivity contribution in [3.05, 3.63) is 12.2 Å². The van der Waals surface area contributed by atoms with Crippen LogP contribution in [0.2, 0.25) is 0 Å². The lowest BCUT2D eigenvalue weighted by Crippen LogP contribution is -2.34. The summed E-state index contributed by atoms with van der Waals surface area (Å²) in [6, 6.07) is -0.723. The predicted octanol–water partition coefficient (Wildman–Crippen LogP) is 0.790. The lowest BCUT2D eigenvalue weighted by Gasteiger charge is -2.08. The van der Waals surface area contributed by atoms with E-state index < -0.39 is 12.0 Å². The second kappa shape index (κ2) is 8.79. The summed E-state index contributed by atoms with van der Waals surface area (Å²) >= 11 is 0. The Hall–Kier alpha value is -1.49. The van der Waals surface area contributed by atoms with Crippen molar-refractivity contribution < 1.29 is 19.5 Å². The number of carboxylic acids is 1. The van der Waals surface area contributed by atoms with Gasteiger partial charge in [-0.2, -0.15) is 0 Å². The molecule has 0 aliphatic rings. The minimum absolute atomic E-state index is 0. The highest BCUT2D eigenvalue weighted by Crippen LogP contribution is 1.99. The number of nitrogens with one attached hydrogen (secondary N) is 1. The smallest absolute Gasteiger partial charge is 0.320 e. The van der Waals surface area contributed by atoms with Gasteiger partial charge < -0.3 is 10.4 Å². The van der Waals surface area contributed by atoms with Crippen molar-refractivity contribution in [3.8, 4) is 0 Å². The monoisotopic (exact) mass is 229 g/mol. The van der Waals surface area contributed by atoms with Crippen molar-refractivity contribution in [3.63, 3.8) is 0 Å². The largest absolute Gasteiger partial charge is 0.480 e. The molecule has 0 saturated heterocycles. The molecule has 5 nitrogen and oxygen atoms in total. The molecule has 0 aromatic carbocycles. The van der Waals surface area contributed by atoms with Crippen LogP contribution in [0, 0.1) is 0 Å². The maximum atomic E-state index is 11.1. The molecule has 0 aromatic heterocycles. The van der Waals surface area contributed by atoms with Gasteiger partial charge in [0.05, 0.1) is 0 Å². The van der Waals surface area contributed by atoms with E-state index in [2.05, 4.69) is 5.32 Å². The van der Waals surface area contributed by atoms with Crippen molar-refractivity contribution in [1.29, 1.82) is 0 Å². The minimum Gasteiger partial charge on any atom is -0.480 e. The van der Waals surface area contributed by atoms with E-state index in [0.717, 1.165) is 0 Å². The number of rotatable bonds is 7. The molecule has 1 atom stereocenters. The highest BCUT2D eigenvalue weighted by Gasteiger charge is 2.15. The fraction of sp³-hybridized carbons (Fsp3) is 0.545. The number of carbonyl (C=O) groups excluding carboxylic acids is 2. The van der Waals surface area contributed by atoms with Crippen LogP contribution in [0.1, 0.15) is 27.2 Å². The van der Waals surface area contributed by atoms with Crippen molar-refractivity contribution in [1.82, 2.24) is 5.32 Å². The zero-order valence-corrected chi connectivity index (χ0v) is 8.82. The molecule has 0 aliphatic heterocycles. The van der Waals surface area contributed by atoms with Crippen LogP contribution in [-0.4, -0.2) is 35.7 Å². The normalized spacial score (nSPS) is 11.9. The summed E-state index contributed by atoms with van der Waals surface area (Å²) in [5.41, 5.74) is 0. The number of aliphatic carboxylic acids is 1. The molecule has 0 rings (SSSR count). The molecule has 0 saturated carbocycles. The second-order valence-electron chi connectivity index (χ2n) is 3.13. The van der Waals surface area contributed by atoms with Gasteiger partial charge in [0.1, 0.15) is 6.04 Å². The first-order chi connectivity index (χ1) is 6.97. The molecule has 0 unspecified atom stereocenters. The minimum atomic E-state index is -0.985. The van der Waals surface area contributed by atoms with Crippen LogP contribution in [0.3, 0.4) is 0 Å². The molecular weight excluding hydrogens is 210 g/mol. The number of hydrogen-bond donors (Lipinski definition) is 2. The van der Waals surface area contributed by atoms with E-state index in [1.165, 1.54) is 26.1 Å². The van der Waals surface area contributed by atoms with Gasteiger partial charge in [0.15, 0.2) is 11.6 Å². The molecule has 2 N–H and O–H groups in total. The SMILES string of the molecule is C.CN[C@H](CCC(=O)/C=C/C(C)=O)C(=O)O. The van der Waals surface area contributed by atoms with Gasteiger partial charge in [-0.3, -0.25) is 14.4 Å². The summed E-state index contributed by atoms with van der Waals surface area (Å²) in [6.07, 6.45) is 2.68. The number of carboxylic acid groups (broad SMARTS) is 1. The Morgan fingerprint density at radius 1 is 1.31 bits per heavy atom. The summed E-state index contributed by atoms with van der Waals surface area (Å²) < 4.78 is 0. The lowest BCUT2D eigenvalue weighted by atomic mass is 10.1. The Labute approximate surface area is 95.5 Å². The van der Waals surface area contributed by atoms with E-state index in [1.54, 1.807) is 0 Å². The maximum absolute atomic E-state index is 11.1. The van der Waals surface area contributed by atoms with Gasteiger partial charge in [-0.15, -0.1) is 0 Å². The van der Waals surface area contributed by atoms with Gasteiger partial charge in [0, 0.05) is 6.42 Å². The quantitative estimate of drug-likeness (QED) is 0.630. The lowest BCUT2D eigenvalue weighted by molar-refractivity contribution is -0.139. The van der Waals surface area contributed by atoms with Crippen LogP contribution < -0.4 is 5.32 Å². The Balaban J connectivity index is 0. The topological polar surface area (TPSA) is 83.5 Å². The van der Waals surface area contributed by atoms with E-state index >= 15 is 0 Å². The third-order valence-electron chi connectivity index (χ3n) is 1.83. The Bertz CT molecular complexity index is 284. The van der Waals surface area contributed by atoms with Gasteiger partial charge in [-0.25, -0.2) is 0 Å². The molecule has 0 radical (unpaired) electrons. The predicted molar refractivity (Wildman–Crippen MR) is 61.3 cm³/mol. The Morgan fingerprint density at radius 3 is 2.25 bits per heavy atom. The Morgan fingerprint density at radius 2 is 1.88 bits per heavy atom. The molecule has 0 heterocycles. The highest BCUT2D eigenvalue weighted by atomic mass is 16.4. The summed E-state index contributed by atoms with van der Waals surface area (Å²) in [5, 5.41) is 11.2. The first-order valence-corrected chi connectivity index (χ1v) is 4.59. The average molecular weight is 229 g/mol. The van der Waals surface area contributed by atoms with E-state index in [1.807, 2.05) is 0 Å². The van der Waals surface area contributed by atoms with Gasteiger partial charge in [0.2, 0.25) is 0 Å². The van der Waals surface area contributed by atoms with Gasteiger partial charge in [-0.1, -0.05) is 7.43 Å². The van der Waals surface area contributed by atoms with Crippen LogP contribution in [0.4, 0.5) is 0 Å². The number of allylic oxidation sites excluding steroid dienone is 2. The summed E-state index contributed by atoms with van der Waals surface area (Å²) in [6.45, 7) is 1.34. The molecule has 0 bridgehead atoms. The molecule has 0 aliphatic carbocycles. The molecule has 5 heteroatoms. The number of likely N-dealkylation sites (N-methyl/N-ethyl adjacent to an activating group) is 1. The highest BCUT2D eigenvalue weighted by molar-refractivity contribution is 5.97. The molecule has 92 valence electrons. The molecule has 0 aromatic rings. The van der Waals surface area contributed by atoms with Crippen molar-refractivity contribution >= 4 is 17.5 Å². The zero-order chi connectivity index (χ0) is 11.8. The van der Waals surface area contributed by atoms with Crippen LogP contribution >= 0.6 is 0 Å². The molecular formula is C11H19NO4. The van der Waals surface area contributed by atoms with Gasteiger partial charge in [-0.05, 0) is 32.5 Å². The first-order valence-electron chi connectivity index (χ1n) is 4.59. The van der Waals surface area contributed by atoms with Crippen molar-refractivity contribution in [2.45, 2.75) is 33.2 Å². The molecule has 0 amide bonds. The summed E-state index contributed by atoms with van der Waals surface area (Å²) in [7, 11) is 1.52. The van der Waals surface area contributed by atoms with E-state index in [4.69, 9.17) is 5.11 Å². The van der Waals surface area contributed by atoms with E-state index in [-0.39, 0.29) is 31.8 Å². The molecule has 0 spiro atoms. The standard InChI is InChI=1S/C10H15NO4.CH4/c1-7(12)3-4-8(13)5-6-9(11-2)10(14)15;/h3-4,9,11H,5-6H2,1-2H3,(H,14,15);1H4/b4-3+;/t9-;/m1./s1. The third-order valence-corrected chi connectivity index (χ3v) is 1.83. The zero-order valence-electron chi connectivity index (χ0n) is 8.82. The fourth-order valence-electron chi connectivity index (χ4n) is 0.972. The molecule has 16 heavy (non-hydrogen) atoms. The van der Waals surface area contributed by atoms with Crippen LogP contribution in [-0.2, 0) is 14.4 Å². The van der Waals surface area contributed by atoms with E-state index in [0.29, 0.717) is 0 Å². The van der Waals surface area contributed by atoms with Crippen LogP contribution in [0.25, 0.3) is 0 Å². The molecule has 0 fully saturated rings.